The molecule has 0 amide bonds. The Morgan fingerprint density at radius 2 is 1.73 bits per heavy atom. The van der Waals surface area contributed by atoms with Crippen LogP contribution in [0, 0.1) is 40.4 Å². The summed E-state index contributed by atoms with van der Waals surface area (Å²) in [5.41, 5.74) is 1.46. The van der Waals surface area contributed by atoms with Gasteiger partial charge in [0.2, 0.25) is 0 Å². The summed E-state index contributed by atoms with van der Waals surface area (Å²) in [6.07, 6.45) is 11.4. The molecule has 0 bridgehead atoms. The number of rotatable bonds is 4. The van der Waals surface area contributed by atoms with Crippen LogP contribution in [0.5, 0.6) is 0 Å². The number of hydrogen-bond donors (Lipinski definition) is 1. The summed E-state index contributed by atoms with van der Waals surface area (Å²) in [4.78, 5) is 0.464. The molecule has 0 spiro atoms. The van der Waals surface area contributed by atoms with Gasteiger partial charge in [-0.05, 0) is 111 Å². The molecule has 1 aromatic carbocycles. The van der Waals surface area contributed by atoms with Gasteiger partial charge in [0, 0.05) is 0 Å². The highest BCUT2D eigenvalue weighted by atomic mass is 32.2. The summed E-state index contributed by atoms with van der Waals surface area (Å²) in [7, 11) is -3.25. The van der Waals surface area contributed by atoms with E-state index >= 15 is 0 Å². The molecular weight excluding hydrogens is 428 g/mol. The molecule has 3 saturated carbocycles. The molecule has 3 fully saturated rings. The Morgan fingerprint density at radius 3 is 2.45 bits per heavy atom. The van der Waals surface area contributed by atoms with Crippen molar-refractivity contribution in [1.82, 2.24) is 0 Å². The zero-order valence-corrected chi connectivity index (χ0v) is 21.7. The first-order valence-electron chi connectivity index (χ1n) is 13.2. The van der Waals surface area contributed by atoms with Crippen LogP contribution in [0.4, 0.5) is 0 Å². The molecular formula is C29H42O3S. The monoisotopic (exact) mass is 470 g/mol. The van der Waals surface area contributed by atoms with Gasteiger partial charge in [-0.1, -0.05) is 50.6 Å². The van der Waals surface area contributed by atoms with Crippen molar-refractivity contribution in [2.75, 3.05) is 5.75 Å². The predicted octanol–water partition coefficient (Wildman–Crippen LogP) is 6.43. The van der Waals surface area contributed by atoms with Gasteiger partial charge in [-0.3, -0.25) is 0 Å². The van der Waals surface area contributed by atoms with E-state index < -0.39 is 15.4 Å². The van der Waals surface area contributed by atoms with Crippen molar-refractivity contribution in [2.45, 2.75) is 89.6 Å². The second-order valence-electron chi connectivity index (χ2n) is 12.7. The predicted molar refractivity (Wildman–Crippen MR) is 133 cm³/mol. The average molecular weight is 471 g/mol. The van der Waals surface area contributed by atoms with Crippen molar-refractivity contribution in [2.24, 2.45) is 40.4 Å². The first kappa shape index (κ1) is 23.6. The van der Waals surface area contributed by atoms with Gasteiger partial charge in [0.1, 0.15) is 0 Å². The molecule has 1 N–H and O–H groups in total. The van der Waals surface area contributed by atoms with Gasteiger partial charge < -0.3 is 5.11 Å². The highest BCUT2D eigenvalue weighted by Gasteiger charge is 2.59. The smallest absolute Gasteiger partial charge is 0.178 e. The maximum absolute atomic E-state index is 13.1. The summed E-state index contributed by atoms with van der Waals surface area (Å²) < 4.78 is 26.2. The maximum atomic E-state index is 13.1. The molecule has 0 heterocycles. The Hall–Kier alpha value is -1.13. The summed E-state index contributed by atoms with van der Waals surface area (Å²) in [6.45, 7) is 9.16. The minimum absolute atomic E-state index is 0.178. The molecule has 1 aromatic rings. The van der Waals surface area contributed by atoms with E-state index in [2.05, 4.69) is 26.8 Å². The lowest BCUT2D eigenvalue weighted by molar-refractivity contribution is -0.0692. The number of allylic oxidation sites excluding steroid dienone is 1. The molecule has 4 heteroatoms. The zero-order chi connectivity index (χ0) is 23.6. The maximum Gasteiger partial charge on any atom is 0.178 e. The third kappa shape index (κ3) is 3.84. The first-order valence-corrected chi connectivity index (χ1v) is 14.8. The van der Waals surface area contributed by atoms with Crippen LogP contribution in [0.15, 0.2) is 46.9 Å². The van der Waals surface area contributed by atoms with E-state index in [1.54, 1.807) is 12.1 Å². The molecule has 0 saturated heterocycles. The number of benzene rings is 1. The van der Waals surface area contributed by atoms with E-state index in [1.807, 2.05) is 25.1 Å². The van der Waals surface area contributed by atoms with Crippen molar-refractivity contribution >= 4 is 9.84 Å². The standard InChI is InChI=1S/C29H42O3S/c1-20(19-33(31,32)22-8-6-5-7-9-22)24-12-13-25-23-11-10-21-18-27(2,30)16-17-28(21,3)26(23)14-15-29(24,25)4/h5-10,20,23-26,30H,11-19H2,1-4H3/t20-,23+,24?,25+,26+,27+,28+,29-/m1/s1. The van der Waals surface area contributed by atoms with Crippen LogP contribution >= 0.6 is 0 Å². The van der Waals surface area contributed by atoms with E-state index in [4.69, 9.17) is 0 Å². The molecule has 4 aliphatic carbocycles. The van der Waals surface area contributed by atoms with Crippen LogP contribution in [0.1, 0.15) is 79.1 Å². The summed E-state index contributed by atoms with van der Waals surface area (Å²) in [5.74, 6) is 3.04. The fourth-order valence-corrected chi connectivity index (χ4v) is 10.7. The minimum atomic E-state index is -3.25. The second-order valence-corrected chi connectivity index (χ2v) is 14.8. The third-order valence-corrected chi connectivity index (χ3v) is 12.7. The van der Waals surface area contributed by atoms with Crippen LogP contribution in [0.3, 0.4) is 0 Å². The van der Waals surface area contributed by atoms with Crippen LogP contribution in [0.25, 0.3) is 0 Å². The molecule has 33 heavy (non-hydrogen) atoms. The molecule has 3 nitrogen and oxygen atoms in total. The van der Waals surface area contributed by atoms with Crippen LogP contribution < -0.4 is 0 Å². The summed E-state index contributed by atoms with van der Waals surface area (Å²) in [5, 5.41) is 10.7. The Morgan fingerprint density at radius 1 is 1.00 bits per heavy atom. The van der Waals surface area contributed by atoms with Gasteiger partial charge in [0.25, 0.3) is 0 Å². The van der Waals surface area contributed by atoms with Crippen LogP contribution in [0.2, 0.25) is 0 Å². The van der Waals surface area contributed by atoms with Crippen molar-refractivity contribution in [3.8, 4) is 0 Å². The van der Waals surface area contributed by atoms with Gasteiger partial charge in [-0.15, -0.1) is 0 Å². The SMILES string of the molecule is C[C@H](CS(=O)(=O)c1ccccc1)C1CC[C@H]2[C@@H]3CC=C4C[C@@](C)(O)CC[C@]4(C)[C@H]3CC[C@]12C. The Labute approximate surface area is 201 Å². The molecule has 4 aliphatic rings. The van der Waals surface area contributed by atoms with Crippen molar-refractivity contribution < 1.29 is 13.5 Å². The Bertz CT molecular complexity index is 1030. The van der Waals surface area contributed by atoms with Gasteiger partial charge in [-0.2, -0.15) is 0 Å². The lowest BCUT2D eigenvalue weighted by atomic mass is 9.46. The average Bonchev–Trinajstić information content (AvgIpc) is 3.12. The van der Waals surface area contributed by atoms with Crippen molar-refractivity contribution in [3.05, 3.63) is 42.0 Å². The van der Waals surface area contributed by atoms with Gasteiger partial charge >= 0.3 is 0 Å². The number of aliphatic hydroxyl groups is 1. The molecule has 0 aromatic heterocycles. The van der Waals surface area contributed by atoms with E-state index in [-0.39, 0.29) is 22.5 Å². The molecule has 0 aliphatic heterocycles. The fraction of sp³-hybridized carbons (Fsp3) is 0.724. The number of sulfone groups is 1. The summed E-state index contributed by atoms with van der Waals surface area (Å²) >= 11 is 0. The van der Waals surface area contributed by atoms with E-state index in [1.165, 1.54) is 24.8 Å². The van der Waals surface area contributed by atoms with Crippen LogP contribution in [-0.2, 0) is 9.84 Å². The zero-order valence-electron chi connectivity index (χ0n) is 20.9. The Balaban J connectivity index is 1.36. The minimum Gasteiger partial charge on any atom is -0.390 e. The lowest BCUT2D eigenvalue weighted by Crippen LogP contribution is -2.52. The lowest BCUT2D eigenvalue weighted by Gasteiger charge is -2.59. The van der Waals surface area contributed by atoms with Gasteiger partial charge in [0.05, 0.1) is 16.2 Å². The largest absolute Gasteiger partial charge is 0.390 e. The first-order chi connectivity index (χ1) is 15.5. The quantitative estimate of drug-likeness (QED) is 0.516. The fourth-order valence-electron chi connectivity index (χ4n) is 8.97. The van der Waals surface area contributed by atoms with Gasteiger partial charge in [-0.25, -0.2) is 8.42 Å². The highest BCUT2D eigenvalue weighted by Crippen LogP contribution is 2.67. The van der Waals surface area contributed by atoms with E-state index in [9.17, 15) is 13.5 Å². The molecule has 5 rings (SSSR count). The normalized spacial score (nSPS) is 43.7. The van der Waals surface area contributed by atoms with Crippen molar-refractivity contribution in [1.29, 1.82) is 0 Å². The van der Waals surface area contributed by atoms with E-state index in [0.29, 0.717) is 28.6 Å². The molecule has 0 radical (unpaired) electrons. The third-order valence-electron chi connectivity index (χ3n) is 10.7. The highest BCUT2D eigenvalue weighted by molar-refractivity contribution is 7.91. The molecule has 182 valence electrons. The topological polar surface area (TPSA) is 54.4 Å². The van der Waals surface area contributed by atoms with Gasteiger partial charge in [0.15, 0.2) is 9.84 Å². The van der Waals surface area contributed by atoms with E-state index in [0.717, 1.165) is 32.1 Å². The molecule has 8 atom stereocenters. The summed E-state index contributed by atoms with van der Waals surface area (Å²) in [6, 6.07) is 8.99. The number of hydrogen-bond acceptors (Lipinski definition) is 3. The van der Waals surface area contributed by atoms with Crippen LogP contribution in [-0.4, -0.2) is 24.9 Å². The molecule has 1 unspecified atom stereocenters. The van der Waals surface area contributed by atoms with Crippen molar-refractivity contribution in [3.63, 3.8) is 0 Å². The Kier molecular flexibility index (Phi) is 5.68. The number of fused-ring (bicyclic) bond motifs is 5. The second kappa shape index (κ2) is 7.95.